The SMILES string of the molecule is CCOc1ccc(OC)cc1/C=N\NC(=O)c1ccccc1Br. The quantitative estimate of drug-likeness (QED) is 0.618. The molecule has 0 aliphatic carbocycles. The molecule has 0 atom stereocenters. The summed E-state index contributed by atoms with van der Waals surface area (Å²) >= 11 is 3.34. The molecule has 0 unspecified atom stereocenters. The van der Waals surface area contributed by atoms with Gasteiger partial charge in [-0.2, -0.15) is 5.10 Å². The third-order valence-corrected chi connectivity index (χ3v) is 3.70. The Hall–Kier alpha value is -2.34. The minimum absolute atomic E-state index is 0.297. The molecule has 0 radical (unpaired) electrons. The topological polar surface area (TPSA) is 59.9 Å². The van der Waals surface area contributed by atoms with Gasteiger partial charge in [0.25, 0.3) is 5.91 Å². The van der Waals surface area contributed by atoms with Gasteiger partial charge in [-0.3, -0.25) is 4.79 Å². The number of hydrazone groups is 1. The van der Waals surface area contributed by atoms with Crippen molar-refractivity contribution >= 4 is 28.1 Å². The molecule has 0 fully saturated rings. The summed E-state index contributed by atoms with van der Waals surface area (Å²) in [5, 5.41) is 4.00. The first-order valence-electron chi connectivity index (χ1n) is 7.04. The molecule has 0 spiro atoms. The molecular formula is C17H17BrN2O3. The minimum atomic E-state index is -0.297. The first-order valence-corrected chi connectivity index (χ1v) is 7.83. The number of carbonyl (C=O) groups is 1. The van der Waals surface area contributed by atoms with Crippen molar-refractivity contribution in [3.05, 3.63) is 58.1 Å². The summed E-state index contributed by atoms with van der Waals surface area (Å²) in [6, 6.07) is 12.5. The second kappa shape index (κ2) is 8.33. The van der Waals surface area contributed by atoms with E-state index < -0.39 is 0 Å². The van der Waals surface area contributed by atoms with E-state index in [1.807, 2.05) is 19.1 Å². The molecule has 0 heterocycles. The molecule has 2 aromatic carbocycles. The van der Waals surface area contributed by atoms with Crippen LogP contribution in [0, 0.1) is 0 Å². The van der Waals surface area contributed by atoms with Gasteiger partial charge in [0, 0.05) is 10.0 Å². The first kappa shape index (κ1) is 17.0. The molecule has 0 saturated carbocycles. The molecule has 0 aliphatic heterocycles. The lowest BCUT2D eigenvalue weighted by atomic mass is 10.2. The summed E-state index contributed by atoms with van der Waals surface area (Å²) in [5.74, 6) is 1.06. The highest BCUT2D eigenvalue weighted by molar-refractivity contribution is 9.10. The Balaban J connectivity index is 2.13. The molecule has 6 heteroatoms. The van der Waals surface area contributed by atoms with Crippen LogP contribution in [0.25, 0.3) is 0 Å². The maximum absolute atomic E-state index is 12.1. The highest BCUT2D eigenvalue weighted by atomic mass is 79.9. The van der Waals surface area contributed by atoms with Crippen molar-refractivity contribution in [2.24, 2.45) is 5.10 Å². The fourth-order valence-corrected chi connectivity index (χ4v) is 2.37. The number of hydrogen-bond donors (Lipinski definition) is 1. The van der Waals surface area contributed by atoms with Crippen LogP contribution in [-0.2, 0) is 0 Å². The molecule has 0 aromatic heterocycles. The number of nitrogens with one attached hydrogen (secondary N) is 1. The van der Waals surface area contributed by atoms with Gasteiger partial charge in [-0.1, -0.05) is 12.1 Å². The molecule has 1 N–H and O–H groups in total. The van der Waals surface area contributed by atoms with Crippen molar-refractivity contribution in [1.82, 2.24) is 5.43 Å². The van der Waals surface area contributed by atoms with Crippen molar-refractivity contribution in [2.75, 3.05) is 13.7 Å². The lowest BCUT2D eigenvalue weighted by Crippen LogP contribution is -2.18. The minimum Gasteiger partial charge on any atom is -0.497 e. The highest BCUT2D eigenvalue weighted by Crippen LogP contribution is 2.22. The van der Waals surface area contributed by atoms with E-state index in [-0.39, 0.29) is 5.91 Å². The van der Waals surface area contributed by atoms with E-state index in [1.54, 1.807) is 37.4 Å². The Morgan fingerprint density at radius 2 is 2.09 bits per heavy atom. The third-order valence-electron chi connectivity index (χ3n) is 3.01. The number of rotatable bonds is 6. The maximum atomic E-state index is 12.1. The van der Waals surface area contributed by atoms with Crippen LogP contribution < -0.4 is 14.9 Å². The van der Waals surface area contributed by atoms with Gasteiger partial charge in [0.1, 0.15) is 11.5 Å². The van der Waals surface area contributed by atoms with Gasteiger partial charge in [-0.05, 0) is 53.2 Å². The van der Waals surface area contributed by atoms with E-state index >= 15 is 0 Å². The Morgan fingerprint density at radius 1 is 1.30 bits per heavy atom. The average Bonchev–Trinajstić information content (AvgIpc) is 2.56. The average molecular weight is 377 g/mol. The summed E-state index contributed by atoms with van der Waals surface area (Å²) in [5.41, 5.74) is 3.73. The lowest BCUT2D eigenvalue weighted by molar-refractivity contribution is 0.0954. The van der Waals surface area contributed by atoms with Crippen LogP contribution in [0.1, 0.15) is 22.8 Å². The summed E-state index contributed by atoms with van der Waals surface area (Å²) in [6.45, 7) is 2.44. The zero-order valence-corrected chi connectivity index (χ0v) is 14.5. The normalized spacial score (nSPS) is 10.6. The van der Waals surface area contributed by atoms with Gasteiger partial charge < -0.3 is 9.47 Å². The smallest absolute Gasteiger partial charge is 0.272 e. The van der Waals surface area contributed by atoms with Crippen LogP contribution in [-0.4, -0.2) is 25.8 Å². The third kappa shape index (κ3) is 4.56. The Kier molecular flexibility index (Phi) is 6.17. The van der Waals surface area contributed by atoms with Crippen LogP contribution in [0.15, 0.2) is 52.0 Å². The second-order valence-corrected chi connectivity index (χ2v) is 5.37. The molecule has 0 aliphatic rings. The van der Waals surface area contributed by atoms with Gasteiger partial charge >= 0.3 is 0 Å². The van der Waals surface area contributed by atoms with Gasteiger partial charge in [0.2, 0.25) is 0 Å². The fraction of sp³-hybridized carbons (Fsp3) is 0.176. The van der Waals surface area contributed by atoms with Gasteiger partial charge in [-0.25, -0.2) is 5.43 Å². The van der Waals surface area contributed by atoms with Crippen molar-refractivity contribution in [2.45, 2.75) is 6.92 Å². The summed E-state index contributed by atoms with van der Waals surface area (Å²) in [4.78, 5) is 12.1. The molecule has 120 valence electrons. The number of amides is 1. The molecule has 0 bridgehead atoms. The number of benzene rings is 2. The summed E-state index contributed by atoms with van der Waals surface area (Å²) in [6.07, 6.45) is 1.53. The van der Waals surface area contributed by atoms with E-state index in [1.165, 1.54) is 6.21 Å². The summed E-state index contributed by atoms with van der Waals surface area (Å²) in [7, 11) is 1.59. The molecule has 0 saturated heterocycles. The zero-order valence-electron chi connectivity index (χ0n) is 12.9. The Labute approximate surface area is 143 Å². The van der Waals surface area contributed by atoms with Crippen LogP contribution in [0.5, 0.6) is 11.5 Å². The van der Waals surface area contributed by atoms with Crippen LogP contribution in [0.3, 0.4) is 0 Å². The molecule has 2 rings (SSSR count). The number of methoxy groups -OCH3 is 1. The van der Waals surface area contributed by atoms with E-state index in [2.05, 4.69) is 26.5 Å². The number of carbonyl (C=O) groups excluding carboxylic acids is 1. The number of hydrogen-bond acceptors (Lipinski definition) is 4. The zero-order chi connectivity index (χ0) is 16.7. The highest BCUT2D eigenvalue weighted by Gasteiger charge is 2.08. The van der Waals surface area contributed by atoms with Crippen molar-refractivity contribution < 1.29 is 14.3 Å². The predicted molar refractivity (Wildman–Crippen MR) is 93.4 cm³/mol. The van der Waals surface area contributed by atoms with E-state index in [0.29, 0.717) is 28.1 Å². The monoisotopic (exact) mass is 376 g/mol. The van der Waals surface area contributed by atoms with Crippen molar-refractivity contribution in [3.8, 4) is 11.5 Å². The van der Waals surface area contributed by atoms with E-state index in [4.69, 9.17) is 9.47 Å². The van der Waals surface area contributed by atoms with Crippen LogP contribution in [0.4, 0.5) is 0 Å². The second-order valence-electron chi connectivity index (χ2n) is 4.52. The van der Waals surface area contributed by atoms with Gasteiger partial charge in [0.15, 0.2) is 0 Å². The molecular weight excluding hydrogens is 360 g/mol. The first-order chi connectivity index (χ1) is 11.2. The Morgan fingerprint density at radius 3 is 2.78 bits per heavy atom. The van der Waals surface area contributed by atoms with E-state index in [9.17, 15) is 4.79 Å². The maximum Gasteiger partial charge on any atom is 0.272 e. The predicted octanol–water partition coefficient (Wildman–Crippen LogP) is 3.62. The number of halogens is 1. The largest absolute Gasteiger partial charge is 0.497 e. The van der Waals surface area contributed by atoms with Crippen molar-refractivity contribution in [3.63, 3.8) is 0 Å². The number of nitrogens with zero attached hydrogens (tertiary/aromatic N) is 1. The summed E-state index contributed by atoms with van der Waals surface area (Å²) < 4.78 is 11.4. The molecule has 1 amide bonds. The van der Waals surface area contributed by atoms with Gasteiger partial charge in [-0.15, -0.1) is 0 Å². The molecule has 23 heavy (non-hydrogen) atoms. The standard InChI is InChI=1S/C17H17BrN2O3/c1-3-23-16-9-8-13(22-2)10-12(16)11-19-20-17(21)14-6-4-5-7-15(14)18/h4-11H,3H2,1-2H3,(H,20,21)/b19-11-. The molecule has 5 nitrogen and oxygen atoms in total. The van der Waals surface area contributed by atoms with Gasteiger partial charge in [0.05, 0.1) is 25.5 Å². The lowest BCUT2D eigenvalue weighted by Gasteiger charge is -2.08. The van der Waals surface area contributed by atoms with Crippen molar-refractivity contribution in [1.29, 1.82) is 0 Å². The van der Waals surface area contributed by atoms with Crippen LogP contribution >= 0.6 is 15.9 Å². The van der Waals surface area contributed by atoms with E-state index in [0.717, 1.165) is 5.56 Å². The fourth-order valence-electron chi connectivity index (χ4n) is 1.91. The Bertz CT molecular complexity index is 717. The molecule has 2 aromatic rings. The van der Waals surface area contributed by atoms with Crippen LogP contribution in [0.2, 0.25) is 0 Å². The number of ether oxygens (including phenoxy) is 2.